The summed E-state index contributed by atoms with van der Waals surface area (Å²) in [5.41, 5.74) is 7.16. The van der Waals surface area contributed by atoms with Gasteiger partial charge in [0.1, 0.15) is 0 Å². The Kier molecular flexibility index (Phi) is 6.73. The van der Waals surface area contributed by atoms with Crippen molar-refractivity contribution in [3.8, 4) is 0 Å². The minimum absolute atomic E-state index is 0.343. The molecule has 0 spiro atoms. The van der Waals surface area contributed by atoms with Crippen LogP contribution in [0.2, 0.25) is 0 Å². The highest BCUT2D eigenvalue weighted by atomic mass is 16.1. The molecule has 0 aliphatic heterocycles. The highest BCUT2D eigenvalue weighted by Crippen LogP contribution is 2.39. The van der Waals surface area contributed by atoms with Crippen LogP contribution in [0.15, 0.2) is 47.1 Å². The quantitative estimate of drug-likeness (QED) is 0.433. The fourth-order valence-electron chi connectivity index (χ4n) is 5.88. The van der Waals surface area contributed by atoms with Gasteiger partial charge in [-0.25, -0.2) is 0 Å². The lowest BCUT2D eigenvalue weighted by atomic mass is 9.76. The van der Waals surface area contributed by atoms with E-state index in [0.29, 0.717) is 11.7 Å². The summed E-state index contributed by atoms with van der Waals surface area (Å²) in [5.74, 6) is 2.69. The number of benzene rings is 1. The maximum Gasteiger partial charge on any atom is 0.163 e. The van der Waals surface area contributed by atoms with Crippen LogP contribution in [0.1, 0.15) is 100 Å². The van der Waals surface area contributed by atoms with Gasteiger partial charge in [-0.2, -0.15) is 0 Å². The van der Waals surface area contributed by atoms with Gasteiger partial charge in [0, 0.05) is 12.0 Å². The summed E-state index contributed by atoms with van der Waals surface area (Å²) in [6.07, 6.45) is 17.0. The molecule has 3 aliphatic rings. The lowest BCUT2D eigenvalue weighted by Gasteiger charge is -2.29. The Morgan fingerprint density at radius 3 is 2.59 bits per heavy atom. The predicted octanol–water partition coefficient (Wildman–Crippen LogP) is 7.86. The van der Waals surface area contributed by atoms with E-state index in [1.54, 1.807) is 16.7 Å². The van der Waals surface area contributed by atoms with E-state index in [1.165, 1.54) is 63.4 Å². The first-order chi connectivity index (χ1) is 14.1. The van der Waals surface area contributed by atoms with Gasteiger partial charge in [-0.1, -0.05) is 74.6 Å². The Morgan fingerprint density at radius 1 is 1.03 bits per heavy atom. The van der Waals surface area contributed by atoms with Gasteiger partial charge in [-0.3, -0.25) is 4.79 Å². The molecule has 1 aromatic rings. The molecule has 1 heteroatoms. The standard InChI is InChI=1S/C28H38O/c1-3-21-7-15-27-18-23(11-16-26(27)17-21)19-28(29)25-13-9-22(10-14-25)8-12-24-6-4-5-20(24)2/h9-10,13-14,17,20,23-24H,3-8,11-12,15-16,18-19H2,1-2H3/t20?,23?,24-/m0/s1. The molecular formula is C28H38O. The minimum Gasteiger partial charge on any atom is -0.294 e. The first-order valence-corrected chi connectivity index (χ1v) is 12.1. The third-order valence-electron chi connectivity index (χ3n) is 7.98. The van der Waals surface area contributed by atoms with Crippen molar-refractivity contribution in [1.29, 1.82) is 0 Å². The van der Waals surface area contributed by atoms with E-state index in [-0.39, 0.29) is 0 Å². The van der Waals surface area contributed by atoms with Crippen molar-refractivity contribution in [2.45, 2.75) is 90.9 Å². The first kappa shape index (κ1) is 20.6. The second kappa shape index (κ2) is 9.45. The third-order valence-corrected chi connectivity index (χ3v) is 7.98. The number of hydrogen-bond acceptors (Lipinski definition) is 1. The highest BCUT2D eigenvalue weighted by molar-refractivity contribution is 5.96. The van der Waals surface area contributed by atoms with Crippen LogP contribution in [-0.4, -0.2) is 5.78 Å². The lowest BCUT2D eigenvalue weighted by molar-refractivity contribution is 0.0957. The van der Waals surface area contributed by atoms with Gasteiger partial charge in [0.2, 0.25) is 0 Å². The molecule has 1 aromatic carbocycles. The summed E-state index contributed by atoms with van der Waals surface area (Å²) in [6.45, 7) is 4.68. The second-order valence-electron chi connectivity index (χ2n) is 9.92. The Labute approximate surface area is 177 Å². The van der Waals surface area contributed by atoms with Crippen LogP contribution in [0.25, 0.3) is 0 Å². The molecule has 29 heavy (non-hydrogen) atoms. The average molecular weight is 391 g/mol. The second-order valence-corrected chi connectivity index (χ2v) is 9.92. The zero-order valence-electron chi connectivity index (χ0n) is 18.5. The van der Waals surface area contributed by atoms with Crippen molar-refractivity contribution in [2.75, 3.05) is 0 Å². The fraction of sp³-hybridized carbons (Fsp3) is 0.607. The molecule has 1 saturated carbocycles. The average Bonchev–Trinajstić information content (AvgIpc) is 3.17. The summed E-state index contributed by atoms with van der Waals surface area (Å²) in [5, 5.41) is 0. The fourth-order valence-corrected chi connectivity index (χ4v) is 5.88. The van der Waals surface area contributed by atoms with E-state index in [2.05, 4.69) is 44.2 Å². The van der Waals surface area contributed by atoms with Crippen molar-refractivity contribution < 1.29 is 4.79 Å². The van der Waals surface area contributed by atoms with Gasteiger partial charge < -0.3 is 0 Å². The van der Waals surface area contributed by atoms with E-state index in [9.17, 15) is 4.79 Å². The maximum absolute atomic E-state index is 12.9. The van der Waals surface area contributed by atoms with Gasteiger partial charge in [0.05, 0.1) is 0 Å². The zero-order valence-corrected chi connectivity index (χ0v) is 18.5. The smallest absolute Gasteiger partial charge is 0.163 e. The summed E-state index contributed by atoms with van der Waals surface area (Å²) in [4.78, 5) is 12.9. The highest BCUT2D eigenvalue weighted by Gasteiger charge is 2.25. The van der Waals surface area contributed by atoms with Crippen LogP contribution >= 0.6 is 0 Å². The van der Waals surface area contributed by atoms with Crippen LogP contribution in [0.4, 0.5) is 0 Å². The number of allylic oxidation sites excluding steroid dienone is 4. The van der Waals surface area contributed by atoms with Crippen LogP contribution in [0, 0.1) is 17.8 Å². The zero-order chi connectivity index (χ0) is 20.2. The number of aryl methyl sites for hydroxylation is 1. The molecule has 3 aliphatic carbocycles. The molecule has 2 unspecified atom stereocenters. The van der Waals surface area contributed by atoms with E-state index in [1.807, 2.05) is 0 Å². The van der Waals surface area contributed by atoms with Crippen LogP contribution in [0.3, 0.4) is 0 Å². The molecule has 0 bridgehead atoms. The normalized spacial score (nSPS) is 27.0. The Hall–Kier alpha value is -1.63. The SMILES string of the molecule is CCC1=CC2=C(CC1)CC(CC(=O)c1ccc(CC[C@@H]3CCCC3C)cc1)CC2. The summed E-state index contributed by atoms with van der Waals surface area (Å²) in [7, 11) is 0. The van der Waals surface area contributed by atoms with Crippen molar-refractivity contribution in [1.82, 2.24) is 0 Å². The van der Waals surface area contributed by atoms with Crippen molar-refractivity contribution in [2.24, 2.45) is 17.8 Å². The van der Waals surface area contributed by atoms with Gasteiger partial charge in [-0.15, -0.1) is 0 Å². The summed E-state index contributed by atoms with van der Waals surface area (Å²) < 4.78 is 0. The number of ketones is 1. The topological polar surface area (TPSA) is 17.1 Å². The predicted molar refractivity (Wildman–Crippen MR) is 122 cm³/mol. The third kappa shape index (κ3) is 5.11. The monoisotopic (exact) mass is 390 g/mol. The largest absolute Gasteiger partial charge is 0.294 e. The number of carbonyl (C=O) groups is 1. The van der Waals surface area contributed by atoms with E-state index >= 15 is 0 Å². The number of rotatable bonds is 7. The van der Waals surface area contributed by atoms with Crippen LogP contribution < -0.4 is 0 Å². The molecule has 1 fully saturated rings. The van der Waals surface area contributed by atoms with Gasteiger partial charge >= 0.3 is 0 Å². The Balaban J connectivity index is 1.29. The minimum atomic E-state index is 0.343. The molecule has 0 radical (unpaired) electrons. The Bertz CT molecular complexity index is 779. The molecule has 1 nitrogen and oxygen atoms in total. The maximum atomic E-state index is 12.9. The molecule has 4 rings (SSSR count). The summed E-state index contributed by atoms with van der Waals surface area (Å²) >= 11 is 0. The molecule has 0 aromatic heterocycles. The number of Topliss-reactive ketones (excluding diaryl/α,β-unsaturated/α-hetero) is 1. The number of hydrogen-bond donors (Lipinski definition) is 0. The van der Waals surface area contributed by atoms with Crippen molar-refractivity contribution in [3.05, 3.63) is 58.2 Å². The molecule has 0 N–H and O–H groups in total. The molecule has 0 heterocycles. The van der Waals surface area contributed by atoms with Crippen LogP contribution in [-0.2, 0) is 6.42 Å². The van der Waals surface area contributed by atoms with E-state index < -0.39 is 0 Å². The molecule has 3 atom stereocenters. The van der Waals surface area contributed by atoms with Crippen molar-refractivity contribution >= 4 is 5.78 Å². The molecule has 0 saturated heterocycles. The van der Waals surface area contributed by atoms with Gasteiger partial charge in [0.25, 0.3) is 0 Å². The van der Waals surface area contributed by atoms with Gasteiger partial charge in [0.15, 0.2) is 5.78 Å². The first-order valence-electron chi connectivity index (χ1n) is 12.1. The lowest BCUT2D eigenvalue weighted by Crippen LogP contribution is -2.16. The molecular weight excluding hydrogens is 352 g/mol. The summed E-state index contributed by atoms with van der Waals surface area (Å²) in [6, 6.07) is 8.57. The van der Waals surface area contributed by atoms with E-state index in [0.717, 1.165) is 36.7 Å². The van der Waals surface area contributed by atoms with E-state index in [4.69, 9.17) is 0 Å². The molecule has 156 valence electrons. The van der Waals surface area contributed by atoms with Crippen molar-refractivity contribution in [3.63, 3.8) is 0 Å². The number of carbonyl (C=O) groups excluding carboxylic acids is 1. The van der Waals surface area contributed by atoms with Gasteiger partial charge in [-0.05, 0) is 80.3 Å². The molecule has 0 amide bonds. The van der Waals surface area contributed by atoms with Crippen LogP contribution in [0.5, 0.6) is 0 Å². The Morgan fingerprint density at radius 2 is 1.86 bits per heavy atom.